The van der Waals surface area contributed by atoms with Crippen molar-refractivity contribution in [2.45, 2.75) is 127 Å². The molecule has 0 aromatic rings. The minimum absolute atomic E-state index is 0.241. The lowest BCUT2D eigenvalue weighted by Crippen LogP contribution is -2.34. The fourth-order valence-electron chi connectivity index (χ4n) is 3.17. The molecule has 0 N–H and O–H groups in total. The van der Waals surface area contributed by atoms with Gasteiger partial charge in [-0.05, 0) is 46.6 Å². The quantitative estimate of drug-likeness (QED) is 0.316. The van der Waals surface area contributed by atoms with Crippen LogP contribution in [0, 0.1) is 21.7 Å². The Bertz CT molecular complexity index is 357. The van der Waals surface area contributed by atoms with Crippen molar-refractivity contribution >= 4 is 19.5 Å². The Kier molecular flexibility index (Phi) is 11.1. The highest BCUT2D eigenvalue weighted by Gasteiger charge is 2.30. The molecule has 0 aromatic carbocycles. The molecule has 0 fully saturated rings. The molecule has 164 valence electrons. The minimum atomic E-state index is -0.421. The Balaban J connectivity index is 4.20. The third-order valence-corrected chi connectivity index (χ3v) is 7.81. The van der Waals surface area contributed by atoms with Gasteiger partial charge in [0.05, 0.1) is 0 Å². The fourth-order valence-corrected chi connectivity index (χ4v) is 7.14. The van der Waals surface area contributed by atoms with Crippen molar-refractivity contribution in [3.8, 4) is 0 Å². The van der Waals surface area contributed by atoms with Crippen LogP contribution in [0.15, 0.2) is 0 Å². The summed E-state index contributed by atoms with van der Waals surface area (Å²) < 4.78 is 12.9. The number of hydrogen-bond acceptors (Lipinski definition) is 2. The SMILES string of the molecule is CC(C)(C)CC(O[SiH2]CCC[SiH2]OC(CC(C)(C)C)C(C)(C)C)C(C)(C)C. The van der Waals surface area contributed by atoms with Gasteiger partial charge in [0.25, 0.3) is 0 Å². The summed E-state index contributed by atoms with van der Waals surface area (Å²) in [5.41, 5.74) is 1.15. The standard InChI is InChI=1S/C23H52O2Si2/c1-20(2,3)16-18(22(7,8)9)24-26-14-13-15-27-25-19(23(10,11)12)17-21(4,5)6/h18-19H,13-17,26-27H2,1-12H3. The predicted octanol–water partition coefficient (Wildman–Crippen LogP) is 6.12. The van der Waals surface area contributed by atoms with Gasteiger partial charge in [0.2, 0.25) is 0 Å². The Morgan fingerprint density at radius 1 is 0.556 bits per heavy atom. The molecule has 4 heteroatoms. The van der Waals surface area contributed by atoms with Gasteiger partial charge >= 0.3 is 0 Å². The Morgan fingerprint density at radius 3 is 1.07 bits per heavy atom. The third kappa shape index (κ3) is 14.9. The maximum atomic E-state index is 6.44. The second-order valence-corrected chi connectivity index (χ2v) is 15.9. The Labute approximate surface area is 176 Å². The van der Waals surface area contributed by atoms with Gasteiger partial charge < -0.3 is 8.85 Å². The van der Waals surface area contributed by atoms with Gasteiger partial charge in [-0.2, -0.15) is 0 Å². The zero-order chi connectivity index (χ0) is 21.5. The van der Waals surface area contributed by atoms with Gasteiger partial charge in [-0.25, -0.2) is 0 Å². The summed E-state index contributed by atoms with van der Waals surface area (Å²) >= 11 is 0. The van der Waals surface area contributed by atoms with Crippen LogP contribution < -0.4 is 0 Å². The van der Waals surface area contributed by atoms with Crippen LogP contribution in [0.1, 0.15) is 102 Å². The summed E-state index contributed by atoms with van der Waals surface area (Å²) in [6.45, 7) is 27.9. The van der Waals surface area contributed by atoms with Gasteiger partial charge in [-0.3, -0.25) is 0 Å². The molecular formula is C23H52O2Si2. The molecule has 0 heterocycles. The average molecular weight is 417 g/mol. The average Bonchev–Trinajstić information content (AvgIpc) is 2.38. The van der Waals surface area contributed by atoms with E-state index in [-0.39, 0.29) is 10.8 Å². The minimum Gasteiger partial charge on any atom is -0.421 e. The first kappa shape index (κ1) is 27.4. The van der Waals surface area contributed by atoms with Crippen molar-refractivity contribution in [2.24, 2.45) is 21.7 Å². The third-order valence-electron chi connectivity index (χ3n) is 4.95. The highest BCUT2D eigenvalue weighted by molar-refractivity contribution is 6.29. The summed E-state index contributed by atoms with van der Waals surface area (Å²) in [7, 11) is -0.841. The molecule has 0 saturated carbocycles. The molecule has 0 radical (unpaired) electrons. The second kappa shape index (κ2) is 10.9. The topological polar surface area (TPSA) is 18.5 Å². The summed E-state index contributed by atoms with van der Waals surface area (Å²) in [5.74, 6) is 0. The zero-order valence-corrected chi connectivity index (χ0v) is 23.7. The van der Waals surface area contributed by atoms with Gasteiger partial charge in [0, 0.05) is 12.2 Å². The molecule has 2 atom stereocenters. The van der Waals surface area contributed by atoms with Crippen molar-refractivity contribution < 1.29 is 8.85 Å². The van der Waals surface area contributed by atoms with Crippen LogP contribution in [0.25, 0.3) is 0 Å². The van der Waals surface area contributed by atoms with E-state index in [9.17, 15) is 0 Å². The molecule has 0 aliphatic heterocycles. The van der Waals surface area contributed by atoms with Crippen LogP contribution in [-0.2, 0) is 8.85 Å². The number of hydrogen-bond donors (Lipinski definition) is 0. The molecule has 0 amide bonds. The summed E-state index contributed by atoms with van der Waals surface area (Å²) in [6.07, 6.45) is 4.41. The predicted molar refractivity (Wildman–Crippen MR) is 128 cm³/mol. The van der Waals surface area contributed by atoms with Crippen LogP contribution in [0.4, 0.5) is 0 Å². The van der Waals surface area contributed by atoms with E-state index in [1.165, 1.54) is 18.5 Å². The monoisotopic (exact) mass is 416 g/mol. The van der Waals surface area contributed by atoms with E-state index in [2.05, 4.69) is 83.1 Å². The molecular weight excluding hydrogens is 364 g/mol. The van der Waals surface area contributed by atoms with Crippen molar-refractivity contribution in [3.63, 3.8) is 0 Å². The molecule has 2 nitrogen and oxygen atoms in total. The van der Waals surface area contributed by atoms with E-state index >= 15 is 0 Å². The van der Waals surface area contributed by atoms with E-state index in [1.54, 1.807) is 0 Å². The summed E-state index contributed by atoms with van der Waals surface area (Å²) in [4.78, 5) is 0. The highest BCUT2D eigenvalue weighted by Crippen LogP contribution is 2.33. The van der Waals surface area contributed by atoms with Crippen molar-refractivity contribution in [1.29, 1.82) is 0 Å². The van der Waals surface area contributed by atoms with Gasteiger partial charge in [0.15, 0.2) is 19.5 Å². The molecule has 0 aliphatic rings. The van der Waals surface area contributed by atoms with Crippen LogP contribution in [0.3, 0.4) is 0 Å². The van der Waals surface area contributed by atoms with Crippen LogP contribution in [0.5, 0.6) is 0 Å². The lowest BCUT2D eigenvalue weighted by atomic mass is 9.79. The molecule has 0 rings (SSSR count). The summed E-state index contributed by atoms with van der Waals surface area (Å²) in [6, 6.07) is 2.60. The second-order valence-electron chi connectivity index (χ2n) is 13.0. The first-order chi connectivity index (χ1) is 11.9. The first-order valence-electron chi connectivity index (χ1n) is 11.1. The molecule has 0 aromatic heterocycles. The lowest BCUT2D eigenvalue weighted by molar-refractivity contribution is 0.0516. The van der Waals surface area contributed by atoms with Crippen molar-refractivity contribution in [3.05, 3.63) is 0 Å². The van der Waals surface area contributed by atoms with E-state index in [0.29, 0.717) is 23.0 Å². The highest BCUT2D eigenvalue weighted by atomic mass is 28.2. The normalized spacial score (nSPS) is 17.3. The van der Waals surface area contributed by atoms with E-state index in [4.69, 9.17) is 8.85 Å². The van der Waals surface area contributed by atoms with Gasteiger partial charge in [-0.15, -0.1) is 0 Å². The molecule has 0 spiro atoms. The molecule has 0 bridgehead atoms. The summed E-state index contributed by atoms with van der Waals surface area (Å²) in [5, 5.41) is 0. The van der Waals surface area contributed by atoms with Crippen LogP contribution in [0.2, 0.25) is 12.1 Å². The lowest BCUT2D eigenvalue weighted by Gasteiger charge is -2.36. The molecule has 27 heavy (non-hydrogen) atoms. The van der Waals surface area contributed by atoms with Gasteiger partial charge in [-0.1, -0.05) is 89.5 Å². The molecule has 0 aliphatic carbocycles. The first-order valence-corrected chi connectivity index (χ1v) is 14.3. The Morgan fingerprint density at radius 2 is 0.852 bits per heavy atom. The number of rotatable bonds is 10. The Hall–Kier alpha value is 0.354. The molecule has 0 saturated heterocycles. The van der Waals surface area contributed by atoms with Crippen molar-refractivity contribution in [1.82, 2.24) is 0 Å². The van der Waals surface area contributed by atoms with E-state index in [0.717, 1.165) is 12.8 Å². The van der Waals surface area contributed by atoms with Crippen LogP contribution >= 0.6 is 0 Å². The maximum Gasteiger partial charge on any atom is 0.162 e. The van der Waals surface area contributed by atoms with Crippen molar-refractivity contribution in [2.75, 3.05) is 0 Å². The molecule has 2 unspecified atom stereocenters. The largest absolute Gasteiger partial charge is 0.421 e. The fraction of sp³-hybridized carbons (Fsp3) is 1.00. The zero-order valence-electron chi connectivity index (χ0n) is 20.9. The van der Waals surface area contributed by atoms with E-state index in [1.807, 2.05) is 0 Å². The maximum absolute atomic E-state index is 6.44. The smallest absolute Gasteiger partial charge is 0.162 e. The van der Waals surface area contributed by atoms with E-state index < -0.39 is 19.5 Å². The van der Waals surface area contributed by atoms with Gasteiger partial charge in [0.1, 0.15) is 0 Å². The van der Waals surface area contributed by atoms with Crippen LogP contribution in [-0.4, -0.2) is 31.7 Å².